The quantitative estimate of drug-likeness (QED) is 0.242. The standard InChI is InChI=1S/C29H30F2N6O2S/c30-21-6-9-24(23(31)18-21)34-35-28(38)32-22-7-4-19(5-8-22)20-16-25(36-12-14-39-15-13-36)27-26(17-20)40-29(33-27)37-10-2-1-3-11-37/h4-9,16-18,34H,1-3,10-15H2,(H2,32,35,38). The Morgan fingerprint density at radius 3 is 2.40 bits per heavy atom. The molecular weight excluding hydrogens is 534 g/mol. The summed E-state index contributed by atoms with van der Waals surface area (Å²) in [6.45, 7) is 5.14. The minimum absolute atomic E-state index is 0.0372. The van der Waals surface area contributed by atoms with Gasteiger partial charge in [0.2, 0.25) is 0 Å². The van der Waals surface area contributed by atoms with Crippen LogP contribution in [0.3, 0.4) is 0 Å². The van der Waals surface area contributed by atoms with Crippen molar-refractivity contribution in [2.75, 3.05) is 59.9 Å². The smallest absolute Gasteiger partial charge is 0.337 e. The normalized spacial score (nSPS) is 15.8. The first kappa shape index (κ1) is 26.3. The fourth-order valence-corrected chi connectivity index (χ4v) is 6.13. The highest BCUT2D eigenvalue weighted by molar-refractivity contribution is 7.22. The van der Waals surface area contributed by atoms with Crippen LogP contribution >= 0.6 is 11.3 Å². The first-order valence-electron chi connectivity index (χ1n) is 13.4. The molecule has 2 aliphatic heterocycles. The van der Waals surface area contributed by atoms with Gasteiger partial charge in [0.1, 0.15) is 11.3 Å². The van der Waals surface area contributed by atoms with Gasteiger partial charge in [0.25, 0.3) is 0 Å². The maximum absolute atomic E-state index is 13.8. The molecule has 1 aromatic heterocycles. The highest BCUT2D eigenvalue weighted by Crippen LogP contribution is 2.39. The lowest BCUT2D eigenvalue weighted by atomic mass is 10.0. The van der Waals surface area contributed by atoms with Gasteiger partial charge >= 0.3 is 6.03 Å². The van der Waals surface area contributed by atoms with E-state index in [-0.39, 0.29) is 5.69 Å². The Morgan fingerprint density at radius 1 is 0.875 bits per heavy atom. The fourth-order valence-electron chi connectivity index (χ4n) is 5.06. The maximum atomic E-state index is 13.8. The Kier molecular flexibility index (Phi) is 7.65. The number of carbonyl (C=O) groups is 1. The molecule has 0 saturated carbocycles. The second-order valence-corrected chi connectivity index (χ2v) is 10.9. The summed E-state index contributed by atoms with van der Waals surface area (Å²) in [5, 5.41) is 3.79. The zero-order chi connectivity index (χ0) is 27.5. The van der Waals surface area contributed by atoms with Gasteiger partial charge in [-0.2, -0.15) is 0 Å². The van der Waals surface area contributed by atoms with E-state index in [0.29, 0.717) is 18.9 Å². The van der Waals surface area contributed by atoms with Crippen LogP contribution in [0.1, 0.15) is 19.3 Å². The molecule has 8 nitrogen and oxygen atoms in total. The maximum Gasteiger partial charge on any atom is 0.337 e. The highest BCUT2D eigenvalue weighted by Gasteiger charge is 2.21. The number of halogens is 2. The highest BCUT2D eigenvalue weighted by atomic mass is 32.1. The SMILES string of the molecule is O=C(NNc1ccc(F)cc1F)Nc1ccc(-c2cc(N3CCOCC3)c3nc(N4CCCCC4)sc3c2)cc1. The third-order valence-corrected chi connectivity index (χ3v) is 8.22. The molecule has 0 unspecified atom stereocenters. The van der Waals surface area contributed by atoms with Crippen molar-refractivity contribution in [3.8, 4) is 11.1 Å². The zero-order valence-corrected chi connectivity index (χ0v) is 22.7. The number of ether oxygens (including phenoxy) is 1. The predicted octanol–water partition coefficient (Wildman–Crippen LogP) is 6.22. The zero-order valence-electron chi connectivity index (χ0n) is 21.9. The van der Waals surface area contributed by atoms with Gasteiger partial charge in [0.15, 0.2) is 10.9 Å². The molecule has 2 amide bonds. The average molecular weight is 565 g/mol. The van der Waals surface area contributed by atoms with Crippen molar-refractivity contribution >= 4 is 49.8 Å². The minimum Gasteiger partial charge on any atom is -0.378 e. The molecule has 11 heteroatoms. The molecule has 2 saturated heterocycles. The van der Waals surface area contributed by atoms with Crippen LogP contribution in [0, 0.1) is 11.6 Å². The van der Waals surface area contributed by atoms with Crippen molar-refractivity contribution < 1.29 is 18.3 Å². The molecule has 0 radical (unpaired) electrons. The summed E-state index contributed by atoms with van der Waals surface area (Å²) >= 11 is 1.74. The van der Waals surface area contributed by atoms with E-state index in [2.05, 4.69) is 38.1 Å². The van der Waals surface area contributed by atoms with Gasteiger partial charge in [-0.25, -0.2) is 18.6 Å². The Balaban J connectivity index is 1.21. The number of anilines is 4. The van der Waals surface area contributed by atoms with E-state index in [9.17, 15) is 13.6 Å². The van der Waals surface area contributed by atoms with Gasteiger partial charge in [-0.05, 0) is 66.8 Å². The summed E-state index contributed by atoms with van der Waals surface area (Å²) in [6.07, 6.45) is 3.69. The molecule has 3 aromatic carbocycles. The summed E-state index contributed by atoms with van der Waals surface area (Å²) in [6, 6.07) is 14.4. The van der Waals surface area contributed by atoms with Gasteiger partial charge in [-0.15, -0.1) is 0 Å². The summed E-state index contributed by atoms with van der Waals surface area (Å²) in [5.41, 5.74) is 9.60. The van der Waals surface area contributed by atoms with Gasteiger partial charge in [-0.1, -0.05) is 23.5 Å². The lowest BCUT2D eigenvalue weighted by molar-refractivity contribution is 0.123. The molecule has 3 N–H and O–H groups in total. The predicted molar refractivity (Wildman–Crippen MR) is 156 cm³/mol. The van der Waals surface area contributed by atoms with Crippen LogP contribution in [0.5, 0.6) is 0 Å². The molecule has 6 rings (SSSR count). The monoisotopic (exact) mass is 564 g/mol. The largest absolute Gasteiger partial charge is 0.378 e. The minimum atomic E-state index is -0.804. The van der Waals surface area contributed by atoms with Crippen molar-refractivity contribution in [3.05, 3.63) is 66.2 Å². The first-order valence-corrected chi connectivity index (χ1v) is 14.3. The lowest BCUT2D eigenvalue weighted by Gasteiger charge is -2.29. The van der Waals surface area contributed by atoms with Crippen molar-refractivity contribution in [1.82, 2.24) is 10.4 Å². The van der Waals surface area contributed by atoms with Crippen LogP contribution in [-0.4, -0.2) is 50.4 Å². The van der Waals surface area contributed by atoms with Gasteiger partial charge in [-0.3, -0.25) is 10.9 Å². The molecule has 4 aromatic rings. The first-order chi connectivity index (χ1) is 19.5. The van der Waals surface area contributed by atoms with Crippen LogP contribution in [-0.2, 0) is 4.74 Å². The van der Waals surface area contributed by atoms with Gasteiger partial charge in [0, 0.05) is 37.9 Å². The van der Waals surface area contributed by atoms with Gasteiger partial charge in [0.05, 0.1) is 29.3 Å². The van der Waals surface area contributed by atoms with E-state index in [4.69, 9.17) is 9.72 Å². The number of carbonyl (C=O) groups excluding carboxylic acids is 1. The second-order valence-electron chi connectivity index (χ2n) is 9.89. The number of rotatable bonds is 6. The fraction of sp³-hybridized carbons (Fsp3) is 0.310. The molecular formula is C29H30F2N6O2S. The van der Waals surface area contributed by atoms with Crippen LogP contribution in [0.2, 0.25) is 0 Å². The van der Waals surface area contributed by atoms with Crippen LogP contribution < -0.4 is 26.0 Å². The topological polar surface area (TPSA) is 81.8 Å². The number of hydrazine groups is 1. The number of morpholine rings is 1. The Hall–Kier alpha value is -3.96. The number of nitrogens with one attached hydrogen (secondary N) is 3. The molecule has 2 aliphatic rings. The van der Waals surface area contributed by atoms with E-state index in [1.54, 1.807) is 11.3 Å². The second kappa shape index (κ2) is 11.6. The van der Waals surface area contributed by atoms with Crippen molar-refractivity contribution in [2.45, 2.75) is 19.3 Å². The number of piperidine rings is 1. The van der Waals surface area contributed by atoms with E-state index >= 15 is 0 Å². The third-order valence-electron chi connectivity index (χ3n) is 7.16. The molecule has 3 heterocycles. The number of amides is 2. The van der Waals surface area contributed by atoms with E-state index in [1.165, 1.54) is 25.3 Å². The number of nitrogens with zero attached hydrogens (tertiary/aromatic N) is 3. The van der Waals surface area contributed by atoms with E-state index < -0.39 is 17.7 Å². The summed E-state index contributed by atoms with van der Waals surface area (Å²) in [5.74, 6) is -1.50. The summed E-state index contributed by atoms with van der Waals surface area (Å²) < 4.78 is 33.6. The molecule has 0 atom stereocenters. The number of fused-ring (bicyclic) bond motifs is 1. The molecule has 2 fully saturated rings. The number of thiazole rings is 1. The number of aromatic nitrogens is 1. The molecule has 208 valence electrons. The van der Waals surface area contributed by atoms with Crippen LogP contribution in [0.4, 0.5) is 35.8 Å². The molecule has 0 aliphatic carbocycles. The van der Waals surface area contributed by atoms with Crippen LogP contribution in [0.25, 0.3) is 21.3 Å². The Morgan fingerprint density at radius 2 is 1.65 bits per heavy atom. The number of hydrogen-bond acceptors (Lipinski definition) is 7. The van der Waals surface area contributed by atoms with E-state index in [1.807, 2.05) is 24.3 Å². The van der Waals surface area contributed by atoms with Crippen molar-refractivity contribution in [1.29, 1.82) is 0 Å². The molecule has 40 heavy (non-hydrogen) atoms. The van der Waals surface area contributed by atoms with Crippen molar-refractivity contribution in [2.24, 2.45) is 0 Å². The Bertz CT molecular complexity index is 1500. The average Bonchev–Trinajstić information content (AvgIpc) is 3.42. The van der Waals surface area contributed by atoms with E-state index in [0.717, 1.165) is 70.5 Å². The summed E-state index contributed by atoms with van der Waals surface area (Å²) in [7, 11) is 0. The lowest BCUT2D eigenvalue weighted by Crippen LogP contribution is -2.36. The number of hydrogen-bond donors (Lipinski definition) is 3. The van der Waals surface area contributed by atoms with Gasteiger partial charge < -0.3 is 19.9 Å². The molecule has 0 bridgehead atoms. The summed E-state index contributed by atoms with van der Waals surface area (Å²) in [4.78, 5) is 22.2. The van der Waals surface area contributed by atoms with Crippen LogP contribution in [0.15, 0.2) is 54.6 Å². The number of urea groups is 1. The Labute approximate surface area is 234 Å². The van der Waals surface area contributed by atoms with Crippen molar-refractivity contribution in [3.63, 3.8) is 0 Å². The third kappa shape index (κ3) is 5.80. The number of benzene rings is 3. The molecule has 0 spiro atoms.